The molecule has 0 saturated carbocycles. The minimum Gasteiger partial charge on any atom is -0.496 e. The second-order valence-corrected chi connectivity index (χ2v) is 6.62. The summed E-state index contributed by atoms with van der Waals surface area (Å²) in [5, 5.41) is 2.96. The third-order valence-electron chi connectivity index (χ3n) is 4.58. The highest BCUT2D eigenvalue weighted by Crippen LogP contribution is 2.37. The van der Waals surface area contributed by atoms with E-state index in [0.29, 0.717) is 5.92 Å². The molecule has 0 saturated heterocycles. The molecule has 0 aliphatic carbocycles. The summed E-state index contributed by atoms with van der Waals surface area (Å²) in [5.74, 6) is 1.21. The van der Waals surface area contributed by atoms with Gasteiger partial charge >= 0.3 is 0 Å². The van der Waals surface area contributed by atoms with Crippen molar-refractivity contribution in [1.82, 2.24) is 0 Å². The van der Waals surface area contributed by atoms with Crippen molar-refractivity contribution in [2.75, 3.05) is 12.4 Å². The Bertz CT molecular complexity index is 847. The maximum atomic E-state index is 12.4. The van der Waals surface area contributed by atoms with Gasteiger partial charge in [-0.15, -0.1) is 0 Å². The molecule has 0 radical (unpaired) electrons. The molecule has 0 unspecified atom stereocenters. The van der Waals surface area contributed by atoms with Gasteiger partial charge in [-0.3, -0.25) is 4.79 Å². The van der Waals surface area contributed by atoms with Crippen molar-refractivity contribution in [1.29, 1.82) is 0 Å². The minimum atomic E-state index is -0.0411. The maximum absolute atomic E-state index is 12.4. The van der Waals surface area contributed by atoms with E-state index in [9.17, 15) is 4.79 Å². The monoisotopic (exact) mass is 321 g/mol. The number of carbonyl (C=O) groups is 1. The number of hydrogen-bond acceptors (Lipinski definition) is 2. The third kappa shape index (κ3) is 2.71. The highest BCUT2D eigenvalue weighted by molar-refractivity contribution is 6.35. The molecule has 1 aliphatic rings. The van der Waals surface area contributed by atoms with Crippen molar-refractivity contribution >= 4 is 23.2 Å². The molecule has 124 valence electrons. The van der Waals surface area contributed by atoms with Crippen LogP contribution in [0.3, 0.4) is 0 Å². The van der Waals surface area contributed by atoms with E-state index in [-0.39, 0.29) is 5.91 Å². The molecule has 0 aromatic heterocycles. The van der Waals surface area contributed by atoms with Gasteiger partial charge in [0, 0.05) is 16.8 Å². The number of anilines is 1. The molecule has 2 aromatic carbocycles. The normalized spacial score (nSPS) is 14.9. The van der Waals surface area contributed by atoms with Crippen LogP contribution in [-0.4, -0.2) is 13.0 Å². The van der Waals surface area contributed by atoms with E-state index in [1.807, 2.05) is 44.2 Å². The van der Waals surface area contributed by atoms with Gasteiger partial charge in [0.1, 0.15) is 5.75 Å². The van der Waals surface area contributed by atoms with E-state index in [2.05, 4.69) is 25.2 Å². The fourth-order valence-electron chi connectivity index (χ4n) is 3.23. The molecule has 3 heteroatoms. The summed E-state index contributed by atoms with van der Waals surface area (Å²) in [5.41, 5.74) is 7.03. The van der Waals surface area contributed by atoms with Crippen LogP contribution >= 0.6 is 0 Å². The Morgan fingerprint density at radius 2 is 1.88 bits per heavy atom. The Morgan fingerprint density at radius 1 is 1.12 bits per heavy atom. The molecule has 3 nitrogen and oxygen atoms in total. The van der Waals surface area contributed by atoms with Crippen LogP contribution in [0.2, 0.25) is 0 Å². The molecule has 3 rings (SSSR count). The van der Waals surface area contributed by atoms with Crippen LogP contribution in [0.1, 0.15) is 47.6 Å². The third-order valence-corrected chi connectivity index (χ3v) is 4.58. The average Bonchev–Trinajstić information content (AvgIpc) is 2.85. The summed E-state index contributed by atoms with van der Waals surface area (Å²) >= 11 is 0. The highest BCUT2D eigenvalue weighted by Gasteiger charge is 2.25. The molecule has 0 fully saturated rings. The van der Waals surface area contributed by atoms with Crippen molar-refractivity contribution in [2.24, 2.45) is 0 Å². The van der Waals surface area contributed by atoms with Crippen LogP contribution in [0, 0.1) is 13.8 Å². The molecule has 2 aromatic rings. The van der Waals surface area contributed by atoms with E-state index in [1.54, 1.807) is 7.11 Å². The number of rotatable bonds is 3. The van der Waals surface area contributed by atoms with Crippen LogP contribution in [0.5, 0.6) is 5.75 Å². The first kappa shape index (κ1) is 16.3. The molecule has 0 atom stereocenters. The first-order chi connectivity index (χ1) is 11.4. The predicted molar refractivity (Wildman–Crippen MR) is 99.5 cm³/mol. The molecule has 0 spiro atoms. The Labute approximate surface area is 143 Å². The SMILES string of the molecule is COc1cc(C)c(/C=C2\C(=O)Nc3cccc(C)c32)cc1C(C)C. The lowest BCUT2D eigenvalue weighted by Gasteiger charge is -2.15. The molecular formula is C21H23NO2. The molecule has 1 amide bonds. The Hall–Kier alpha value is -2.55. The molecular weight excluding hydrogens is 298 g/mol. The summed E-state index contributed by atoms with van der Waals surface area (Å²) in [6.45, 7) is 8.37. The van der Waals surface area contributed by atoms with Gasteiger partial charge in [-0.2, -0.15) is 0 Å². The molecule has 24 heavy (non-hydrogen) atoms. The zero-order chi connectivity index (χ0) is 17.4. The summed E-state index contributed by atoms with van der Waals surface area (Å²) in [7, 11) is 1.70. The van der Waals surface area contributed by atoms with E-state index in [4.69, 9.17) is 4.74 Å². The van der Waals surface area contributed by atoms with Crippen molar-refractivity contribution in [2.45, 2.75) is 33.6 Å². The zero-order valence-corrected chi connectivity index (χ0v) is 14.9. The Balaban J connectivity index is 2.17. The molecule has 1 N–H and O–H groups in total. The zero-order valence-electron chi connectivity index (χ0n) is 14.9. The lowest BCUT2D eigenvalue weighted by atomic mass is 9.93. The quantitative estimate of drug-likeness (QED) is 0.814. The number of benzene rings is 2. The van der Waals surface area contributed by atoms with Gasteiger partial charge < -0.3 is 10.1 Å². The van der Waals surface area contributed by atoms with Crippen LogP contribution in [0.15, 0.2) is 30.3 Å². The number of carbonyl (C=O) groups excluding carboxylic acids is 1. The number of amides is 1. The summed E-state index contributed by atoms with van der Waals surface area (Å²) in [6.07, 6.45) is 1.99. The largest absolute Gasteiger partial charge is 0.496 e. The van der Waals surface area contributed by atoms with Crippen molar-refractivity contribution in [3.63, 3.8) is 0 Å². The van der Waals surface area contributed by atoms with E-state index < -0.39 is 0 Å². The van der Waals surface area contributed by atoms with Gasteiger partial charge in [-0.05, 0) is 66.3 Å². The summed E-state index contributed by atoms with van der Waals surface area (Å²) in [6, 6.07) is 10.1. The van der Waals surface area contributed by atoms with Crippen LogP contribution < -0.4 is 10.1 Å². The molecule has 0 bridgehead atoms. The molecule has 1 aliphatic heterocycles. The summed E-state index contributed by atoms with van der Waals surface area (Å²) < 4.78 is 5.51. The van der Waals surface area contributed by atoms with Gasteiger partial charge in [0.15, 0.2) is 0 Å². The second-order valence-electron chi connectivity index (χ2n) is 6.62. The lowest BCUT2D eigenvalue weighted by Crippen LogP contribution is -2.04. The number of aryl methyl sites for hydroxylation is 2. The van der Waals surface area contributed by atoms with Gasteiger partial charge in [0.2, 0.25) is 0 Å². The van der Waals surface area contributed by atoms with E-state index in [1.165, 1.54) is 0 Å². The van der Waals surface area contributed by atoms with E-state index >= 15 is 0 Å². The van der Waals surface area contributed by atoms with Gasteiger partial charge in [0.05, 0.1) is 7.11 Å². The number of methoxy groups -OCH3 is 1. The minimum absolute atomic E-state index is 0.0411. The highest BCUT2D eigenvalue weighted by atomic mass is 16.5. The standard InChI is InChI=1S/C21H23NO2/c1-12(2)16-10-15(14(4)9-19(16)24-5)11-17-20-13(3)7-6-8-18(20)22-21(17)23/h6-12H,1-5H3,(H,22,23)/b17-11-. The van der Waals surface area contributed by atoms with Crippen molar-refractivity contribution in [3.05, 3.63) is 58.1 Å². The van der Waals surface area contributed by atoms with Gasteiger partial charge in [0.25, 0.3) is 5.91 Å². The fraction of sp³-hybridized carbons (Fsp3) is 0.286. The van der Waals surface area contributed by atoms with Crippen molar-refractivity contribution in [3.8, 4) is 5.75 Å². The maximum Gasteiger partial charge on any atom is 0.256 e. The summed E-state index contributed by atoms with van der Waals surface area (Å²) in [4.78, 5) is 12.4. The lowest BCUT2D eigenvalue weighted by molar-refractivity contribution is -0.110. The predicted octanol–water partition coefficient (Wildman–Crippen LogP) is 4.93. The van der Waals surface area contributed by atoms with Crippen molar-refractivity contribution < 1.29 is 9.53 Å². The number of ether oxygens (including phenoxy) is 1. The van der Waals surface area contributed by atoms with Crippen LogP contribution in [0.4, 0.5) is 5.69 Å². The smallest absolute Gasteiger partial charge is 0.256 e. The van der Waals surface area contributed by atoms with Crippen LogP contribution in [0.25, 0.3) is 11.6 Å². The Kier molecular flexibility index (Phi) is 4.18. The topological polar surface area (TPSA) is 38.3 Å². The average molecular weight is 321 g/mol. The Morgan fingerprint density at radius 3 is 2.54 bits per heavy atom. The fourth-order valence-corrected chi connectivity index (χ4v) is 3.23. The van der Waals surface area contributed by atoms with Crippen LogP contribution in [-0.2, 0) is 4.79 Å². The number of nitrogens with one attached hydrogen (secondary N) is 1. The first-order valence-corrected chi connectivity index (χ1v) is 8.24. The second kappa shape index (κ2) is 6.16. The van der Waals surface area contributed by atoms with Gasteiger partial charge in [-0.1, -0.05) is 26.0 Å². The first-order valence-electron chi connectivity index (χ1n) is 8.24. The van der Waals surface area contributed by atoms with E-state index in [0.717, 1.165) is 44.8 Å². The number of fused-ring (bicyclic) bond motifs is 1. The number of hydrogen-bond donors (Lipinski definition) is 1. The van der Waals surface area contributed by atoms with Gasteiger partial charge in [-0.25, -0.2) is 0 Å². The molecule has 1 heterocycles.